The van der Waals surface area contributed by atoms with Gasteiger partial charge in [-0.25, -0.2) is 14.8 Å². The van der Waals surface area contributed by atoms with Gasteiger partial charge in [0.15, 0.2) is 0 Å². The van der Waals surface area contributed by atoms with E-state index in [1.807, 2.05) is 20.8 Å². The third-order valence-electron chi connectivity index (χ3n) is 4.71. The molecule has 158 valence electrons. The lowest BCUT2D eigenvalue weighted by Gasteiger charge is -2.34. The van der Waals surface area contributed by atoms with E-state index in [0.717, 1.165) is 30.6 Å². The molecule has 1 aliphatic carbocycles. The zero-order valence-corrected chi connectivity index (χ0v) is 18.1. The molecule has 1 N–H and O–H groups in total. The second-order valence-electron chi connectivity index (χ2n) is 8.22. The van der Waals surface area contributed by atoms with Gasteiger partial charge in [-0.2, -0.15) is 0 Å². The number of amides is 1. The lowest BCUT2D eigenvalue weighted by Crippen LogP contribution is -2.40. The summed E-state index contributed by atoms with van der Waals surface area (Å²) in [4.78, 5) is 34.2. The summed E-state index contributed by atoms with van der Waals surface area (Å²) < 4.78 is 5.81. The monoisotopic (exact) mass is 427 g/mol. The first-order valence-electron chi connectivity index (χ1n) is 9.84. The molecule has 0 bridgehead atoms. The molecule has 1 fully saturated rings. The van der Waals surface area contributed by atoms with Crippen LogP contribution in [0.3, 0.4) is 0 Å². The number of anilines is 1. The fourth-order valence-electron chi connectivity index (χ4n) is 3.31. The minimum Gasteiger partial charge on any atom is -0.477 e. The van der Waals surface area contributed by atoms with Gasteiger partial charge in [0.2, 0.25) is 6.41 Å². The molecule has 1 saturated carbocycles. The zero-order chi connectivity index (χ0) is 21.7. The van der Waals surface area contributed by atoms with Crippen LogP contribution in [0.15, 0.2) is 24.5 Å². The number of carbonyl (C=O) groups is 2. The molecule has 30 heavy (non-hydrogen) atoms. The summed E-state index contributed by atoms with van der Waals surface area (Å²) >= 11 is 1.10. The number of carboxylic acid groups (broad SMARTS) is 1. The van der Waals surface area contributed by atoms with Gasteiger partial charge in [-0.3, -0.25) is 4.79 Å². The standard InChI is InChI=1S/C22H25N3O4S/c1-22(2,3)10-9-17-13-18(19(30-17)20(27)28)25(14-26)15-5-7-16(8-6-15)29-21-23-11-4-12-24-21/h4,11-16H,5-8H2,1-3H3,(H,27,28)/t15-,16-. The Hall–Kier alpha value is -2.92. The van der Waals surface area contributed by atoms with Crippen molar-refractivity contribution in [2.75, 3.05) is 4.90 Å². The van der Waals surface area contributed by atoms with E-state index < -0.39 is 5.97 Å². The molecule has 0 radical (unpaired) electrons. The Morgan fingerprint density at radius 1 is 1.27 bits per heavy atom. The largest absolute Gasteiger partial charge is 0.477 e. The topological polar surface area (TPSA) is 92.6 Å². The number of carbonyl (C=O) groups excluding carboxylic acids is 1. The highest BCUT2D eigenvalue weighted by Crippen LogP contribution is 2.35. The van der Waals surface area contributed by atoms with Crippen molar-refractivity contribution in [3.63, 3.8) is 0 Å². The molecule has 0 saturated heterocycles. The molecule has 0 atom stereocenters. The normalized spacial score (nSPS) is 18.8. The minimum absolute atomic E-state index is 0.0215. The van der Waals surface area contributed by atoms with Crippen LogP contribution >= 0.6 is 11.3 Å². The van der Waals surface area contributed by atoms with Crippen LogP contribution in [0.4, 0.5) is 5.69 Å². The van der Waals surface area contributed by atoms with Gasteiger partial charge in [0.25, 0.3) is 0 Å². The van der Waals surface area contributed by atoms with Crippen LogP contribution < -0.4 is 9.64 Å². The molecule has 1 aliphatic rings. The Morgan fingerprint density at radius 2 is 1.93 bits per heavy atom. The number of aromatic nitrogens is 2. The highest BCUT2D eigenvalue weighted by molar-refractivity contribution is 7.15. The lowest BCUT2D eigenvalue weighted by molar-refractivity contribution is -0.108. The highest BCUT2D eigenvalue weighted by Gasteiger charge is 2.30. The minimum atomic E-state index is -1.05. The van der Waals surface area contributed by atoms with Crippen LogP contribution in [-0.4, -0.2) is 39.6 Å². The third kappa shape index (κ3) is 5.57. The molecule has 8 heteroatoms. The van der Waals surface area contributed by atoms with Crippen molar-refractivity contribution in [1.82, 2.24) is 9.97 Å². The maximum Gasteiger partial charge on any atom is 0.348 e. The van der Waals surface area contributed by atoms with Gasteiger partial charge in [-0.1, -0.05) is 11.8 Å². The molecule has 3 rings (SSSR count). The molecule has 0 unspecified atom stereocenters. The van der Waals surface area contributed by atoms with E-state index >= 15 is 0 Å². The molecule has 2 aromatic heterocycles. The van der Waals surface area contributed by atoms with Crippen molar-refractivity contribution < 1.29 is 19.4 Å². The van der Waals surface area contributed by atoms with Crippen LogP contribution in [0.2, 0.25) is 0 Å². The number of hydrogen-bond acceptors (Lipinski definition) is 6. The predicted molar refractivity (Wildman–Crippen MR) is 115 cm³/mol. The Kier molecular flexibility index (Phi) is 6.73. The number of nitrogens with zero attached hydrogens (tertiary/aromatic N) is 3. The van der Waals surface area contributed by atoms with E-state index in [-0.39, 0.29) is 22.4 Å². The molecule has 0 spiro atoms. The van der Waals surface area contributed by atoms with Gasteiger partial charge in [-0.15, -0.1) is 11.3 Å². The Bertz CT molecular complexity index is 948. The Morgan fingerprint density at radius 3 is 2.50 bits per heavy atom. The van der Waals surface area contributed by atoms with Gasteiger partial charge < -0.3 is 14.7 Å². The van der Waals surface area contributed by atoms with Crippen LogP contribution in [0, 0.1) is 17.3 Å². The molecule has 2 heterocycles. The van der Waals surface area contributed by atoms with Crippen molar-refractivity contribution in [3.05, 3.63) is 34.3 Å². The fourth-order valence-corrected chi connectivity index (χ4v) is 4.16. The van der Waals surface area contributed by atoms with Crippen molar-refractivity contribution in [1.29, 1.82) is 0 Å². The summed E-state index contributed by atoms with van der Waals surface area (Å²) in [5.74, 6) is 5.11. The maximum atomic E-state index is 11.9. The molecule has 2 aromatic rings. The first-order valence-corrected chi connectivity index (χ1v) is 10.7. The summed E-state index contributed by atoms with van der Waals surface area (Å²) in [5.41, 5.74) is 0.218. The fraction of sp³-hybridized carbons (Fsp3) is 0.455. The van der Waals surface area contributed by atoms with E-state index in [9.17, 15) is 14.7 Å². The summed E-state index contributed by atoms with van der Waals surface area (Å²) in [6.45, 7) is 5.97. The van der Waals surface area contributed by atoms with Gasteiger partial charge in [0.1, 0.15) is 11.0 Å². The van der Waals surface area contributed by atoms with Crippen molar-refractivity contribution >= 4 is 29.4 Å². The summed E-state index contributed by atoms with van der Waals surface area (Å²) in [6.07, 6.45) is 6.84. The maximum absolute atomic E-state index is 11.9. The number of carboxylic acids is 1. The second kappa shape index (κ2) is 9.26. The van der Waals surface area contributed by atoms with Crippen molar-refractivity contribution in [3.8, 4) is 17.9 Å². The molecular formula is C22H25N3O4S. The van der Waals surface area contributed by atoms with E-state index in [1.54, 1.807) is 24.5 Å². The van der Waals surface area contributed by atoms with Crippen molar-refractivity contribution in [2.45, 2.75) is 58.6 Å². The van der Waals surface area contributed by atoms with Gasteiger partial charge >= 0.3 is 12.0 Å². The molecule has 0 aliphatic heterocycles. The number of aromatic carboxylic acids is 1. The van der Waals surface area contributed by atoms with E-state index in [2.05, 4.69) is 21.8 Å². The quantitative estimate of drug-likeness (QED) is 0.554. The van der Waals surface area contributed by atoms with E-state index in [4.69, 9.17) is 4.74 Å². The first-order chi connectivity index (χ1) is 14.3. The SMILES string of the molecule is CC(C)(C)C#Cc1cc(N(C=O)[C@H]2CC[C@H](Oc3ncccn3)CC2)c(C(=O)O)s1. The Labute approximate surface area is 180 Å². The summed E-state index contributed by atoms with van der Waals surface area (Å²) in [6, 6.07) is 3.70. The average Bonchev–Trinajstić information content (AvgIpc) is 3.13. The number of hydrogen-bond donors (Lipinski definition) is 1. The second-order valence-corrected chi connectivity index (χ2v) is 9.27. The first kappa shape index (κ1) is 21.8. The van der Waals surface area contributed by atoms with Crippen LogP contribution in [0.5, 0.6) is 6.01 Å². The number of rotatable bonds is 6. The molecule has 7 nitrogen and oxygen atoms in total. The van der Waals surface area contributed by atoms with E-state index in [0.29, 0.717) is 29.4 Å². The van der Waals surface area contributed by atoms with Crippen LogP contribution in [-0.2, 0) is 4.79 Å². The third-order valence-corrected chi connectivity index (χ3v) is 5.74. The summed E-state index contributed by atoms with van der Waals surface area (Å²) in [7, 11) is 0. The molecular weight excluding hydrogens is 402 g/mol. The number of ether oxygens (including phenoxy) is 1. The van der Waals surface area contributed by atoms with Gasteiger partial charge in [0, 0.05) is 23.9 Å². The lowest BCUT2D eigenvalue weighted by atomic mass is 9.91. The zero-order valence-electron chi connectivity index (χ0n) is 17.3. The average molecular weight is 428 g/mol. The highest BCUT2D eigenvalue weighted by atomic mass is 32.1. The van der Waals surface area contributed by atoms with Gasteiger partial charge in [0.05, 0.1) is 10.6 Å². The molecule has 1 amide bonds. The van der Waals surface area contributed by atoms with Crippen LogP contribution in [0.25, 0.3) is 0 Å². The molecule has 0 aromatic carbocycles. The summed E-state index contributed by atoms with van der Waals surface area (Å²) in [5, 5.41) is 9.64. The predicted octanol–water partition coefficient (Wildman–Crippen LogP) is 3.99. The van der Waals surface area contributed by atoms with E-state index in [1.165, 1.54) is 4.90 Å². The van der Waals surface area contributed by atoms with Gasteiger partial charge in [-0.05, 0) is 58.6 Å². The number of thiophene rings is 1. The van der Waals surface area contributed by atoms with Crippen molar-refractivity contribution in [2.24, 2.45) is 5.41 Å². The Balaban J connectivity index is 1.74. The van der Waals surface area contributed by atoms with Crippen LogP contribution in [0.1, 0.15) is 61.0 Å². The smallest absolute Gasteiger partial charge is 0.348 e.